The lowest BCUT2D eigenvalue weighted by atomic mass is 10.0. The van der Waals surface area contributed by atoms with Gasteiger partial charge in [0.05, 0.1) is 6.61 Å². The van der Waals surface area contributed by atoms with Gasteiger partial charge in [0.25, 0.3) is 0 Å². The van der Waals surface area contributed by atoms with Crippen molar-refractivity contribution in [2.45, 2.75) is 43.7 Å². The minimum Gasteiger partial charge on any atom is -0.487 e. The van der Waals surface area contributed by atoms with Gasteiger partial charge < -0.3 is 14.7 Å². The summed E-state index contributed by atoms with van der Waals surface area (Å²) in [4.78, 5) is 2.39. The molecule has 1 heterocycles. The Morgan fingerprint density at radius 2 is 1.73 bits per heavy atom. The number of rotatable bonds is 7. The molecule has 0 aromatic heterocycles. The molecule has 41 heavy (non-hydrogen) atoms. The Labute approximate surface area is 242 Å². The van der Waals surface area contributed by atoms with Crippen LogP contribution < -0.4 is 4.74 Å². The summed E-state index contributed by atoms with van der Waals surface area (Å²) in [7, 11) is -1.81. The minimum atomic E-state index is -3.90. The number of likely N-dealkylation sites (N-methyl/N-ethyl adjacent to an activating group) is 1. The third-order valence-corrected chi connectivity index (χ3v) is 9.84. The summed E-state index contributed by atoms with van der Waals surface area (Å²) >= 11 is 0. The number of hydrogen-bond donors (Lipinski definition) is 1. The monoisotopic (exact) mass is 576 g/mol. The van der Waals surface area contributed by atoms with E-state index in [1.165, 1.54) is 29.3 Å². The minimum absolute atomic E-state index is 0.0896. The van der Waals surface area contributed by atoms with E-state index in [1.807, 2.05) is 31.2 Å². The molecule has 1 fully saturated rings. The number of halogens is 1. The highest BCUT2D eigenvalue weighted by Gasteiger charge is 2.38. The predicted octanol–water partition coefficient (Wildman–Crippen LogP) is 5.00. The van der Waals surface area contributed by atoms with Crippen LogP contribution in [0.5, 0.6) is 5.75 Å². The van der Waals surface area contributed by atoms with E-state index in [4.69, 9.17) is 4.74 Å². The maximum absolute atomic E-state index is 13.8. The molecule has 216 valence electrons. The second-order valence-electron chi connectivity index (χ2n) is 11.4. The maximum atomic E-state index is 13.8. The lowest BCUT2D eigenvalue weighted by Crippen LogP contribution is -2.49. The first-order valence-electron chi connectivity index (χ1n) is 14.1. The second-order valence-corrected chi connectivity index (χ2v) is 13.3. The van der Waals surface area contributed by atoms with E-state index in [9.17, 15) is 17.9 Å². The predicted molar refractivity (Wildman–Crippen MR) is 158 cm³/mol. The van der Waals surface area contributed by atoms with Crippen molar-refractivity contribution < 1.29 is 22.7 Å². The smallest absolute Gasteiger partial charge is 0.247 e. The molecule has 0 radical (unpaired) electrons. The Bertz CT molecular complexity index is 1540. The van der Waals surface area contributed by atoms with E-state index in [0.717, 1.165) is 29.2 Å². The molecule has 3 atom stereocenters. The van der Waals surface area contributed by atoms with Crippen molar-refractivity contribution >= 4 is 10.0 Å². The van der Waals surface area contributed by atoms with Crippen molar-refractivity contribution in [1.29, 1.82) is 0 Å². The third-order valence-electron chi connectivity index (χ3n) is 7.82. The van der Waals surface area contributed by atoms with E-state index < -0.39 is 16.1 Å². The molecular formula is C33H37FN2O4S. The van der Waals surface area contributed by atoms with Crippen LogP contribution in [0.4, 0.5) is 4.39 Å². The number of fused-ring (bicyclic) bond motifs is 1. The highest BCUT2D eigenvalue weighted by atomic mass is 32.2. The zero-order valence-electron chi connectivity index (χ0n) is 23.8. The van der Waals surface area contributed by atoms with Crippen LogP contribution in [0.25, 0.3) is 11.1 Å². The largest absolute Gasteiger partial charge is 0.487 e. The molecule has 1 saturated carbocycles. The standard InChI is InChI=1S/C33H37FN2O4S/c1-23-19-36(24(2)22-37)41(38,39)33-16-15-29(18-31(33)40-32(23)21-35(3)20-27-9-10-27)28-13-11-25(12-14-28)7-8-26-5-4-6-30(34)17-26/h4-6,11-18,23-24,27,32,37H,9-10,19-22H2,1-3H3/t23-,24?,32-/m0/s1. The Morgan fingerprint density at radius 3 is 2.41 bits per heavy atom. The number of sulfonamides is 1. The van der Waals surface area contributed by atoms with Crippen LogP contribution in [0, 0.1) is 29.5 Å². The molecule has 1 aliphatic heterocycles. The van der Waals surface area contributed by atoms with Gasteiger partial charge in [-0.15, -0.1) is 0 Å². The van der Waals surface area contributed by atoms with Gasteiger partial charge >= 0.3 is 0 Å². The average molecular weight is 577 g/mol. The second kappa shape index (κ2) is 12.3. The van der Waals surface area contributed by atoms with Crippen molar-refractivity contribution in [2.24, 2.45) is 11.8 Å². The van der Waals surface area contributed by atoms with Crippen LogP contribution in [-0.4, -0.2) is 68.2 Å². The zero-order valence-corrected chi connectivity index (χ0v) is 24.6. The fourth-order valence-corrected chi connectivity index (χ4v) is 7.03. The van der Waals surface area contributed by atoms with E-state index in [2.05, 4.69) is 23.8 Å². The molecule has 8 heteroatoms. The Morgan fingerprint density at radius 1 is 1.02 bits per heavy atom. The first kappa shape index (κ1) is 29.3. The van der Waals surface area contributed by atoms with Crippen molar-refractivity contribution in [1.82, 2.24) is 9.21 Å². The topological polar surface area (TPSA) is 70.1 Å². The lowest BCUT2D eigenvalue weighted by Gasteiger charge is -2.37. The van der Waals surface area contributed by atoms with Gasteiger partial charge in [0.2, 0.25) is 10.0 Å². The summed E-state index contributed by atoms with van der Waals surface area (Å²) in [5, 5.41) is 9.89. The Balaban J connectivity index is 1.46. The number of aliphatic hydroxyl groups is 1. The van der Waals surface area contributed by atoms with Crippen LogP contribution in [0.2, 0.25) is 0 Å². The summed E-state index contributed by atoms with van der Waals surface area (Å²) in [5.41, 5.74) is 3.10. The van der Waals surface area contributed by atoms with Gasteiger partial charge in [-0.25, -0.2) is 12.8 Å². The first-order chi connectivity index (χ1) is 19.6. The summed E-state index contributed by atoms with van der Waals surface area (Å²) in [6, 6.07) is 18.4. The van der Waals surface area contributed by atoms with Gasteiger partial charge in [-0.2, -0.15) is 4.31 Å². The van der Waals surface area contributed by atoms with Crippen LogP contribution in [0.3, 0.4) is 0 Å². The highest BCUT2D eigenvalue weighted by Crippen LogP contribution is 2.37. The van der Waals surface area contributed by atoms with Gasteiger partial charge in [-0.05, 0) is 86.3 Å². The number of nitrogens with zero attached hydrogens (tertiary/aromatic N) is 2. The van der Waals surface area contributed by atoms with Crippen LogP contribution in [0.1, 0.15) is 37.8 Å². The summed E-state index contributed by atoms with van der Waals surface area (Å²) in [5.74, 6) is 6.68. The Kier molecular flexibility index (Phi) is 8.81. The van der Waals surface area contributed by atoms with Crippen LogP contribution in [-0.2, 0) is 10.0 Å². The number of hydrogen-bond acceptors (Lipinski definition) is 5. The quantitative estimate of drug-likeness (QED) is 0.401. The van der Waals surface area contributed by atoms with E-state index in [0.29, 0.717) is 17.9 Å². The highest BCUT2D eigenvalue weighted by molar-refractivity contribution is 7.89. The third kappa shape index (κ3) is 6.99. The van der Waals surface area contributed by atoms with Crippen molar-refractivity contribution in [3.63, 3.8) is 0 Å². The van der Waals surface area contributed by atoms with Crippen LogP contribution >= 0.6 is 0 Å². The van der Waals surface area contributed by atoms with Gasteiger partial charge in [0, 0.05) is 42.7 Å². The summed E-state index contributed by atoms with van der Waals surface area (Å²) < 4.78 is 49.0. The summed E-state index contributed by atoms with van der Waals surface area (Å²) in [6.45, 7) is 5.44. The lowest BCUT2D eigenvalue weighted by molar-refractivity contribution is 0.0741. The Hall–Kier alpha value is -3.22. The molecule has 1 unspecified atom stereocenters. The average Bonchev–Trinajstić information content (AvgIpc) is 3.77. The molecule has 1 N–H and O–H groups in total. The molecule has 0 bridgehead atoms. The zero-order chi connectivity index (χ0) is 29.1. The molecule has 0 saturated heterocycles. The van der Waals surface area contributed by atoms with Gasteiger partial charge in [0.1, 0.15) is 22.6 Å². The number of ether oxygens (including phenoxy) is 1. The van der Waals surface area contributed by atoms with Gasteiger partial charge in [-0.1, -0.05) is 43.0 Å². The fraction of sp³-hybridized carbons (Fsp3) is 0.394. The maximum Gasteiger partial charge on any atom is 0.247 e. The first-order valence-corrected chi connectivity index (χ1v) is 15.6. The van der Waals surface area contributed by atoms with Gasteiger partial charge in [0.15, 0.2) is 0 Å². The van der Waals surface area contributed by atoms with Crippen LogP contribution in [0.15, 0.2) is 71.6 Å². The number of benzene rings is 3. The van der Waals surface area contributed by atoms with Gasteiger partial charge in [-0.3, -0.25) is 0 Å². The van der Waals surface area contributed by atoms with Crippen molar-refractivity contribution in [3.8, 4) is 28.7 Å². The van der Waals surface area contributed by atoms with E-state index in [-0.39, 0.29) is 35.9 Å². The molecule has 3 aromatic carbocycles. The van der Waals surface area contributed by atoms with Crippen molar-refractivity contribution in [2.75, 3.05) is 33.3 Å². The van der Waals surface area contributed by atoms with E-state index >= 15 is 0 Å². The summed E-state index contributed by atoms with van der Waals surface area (Å²) in [6.07, 6.45) is 2.29. The molecule has 0 spiro atoms. The van der Waals surface area contributed by atoms with Crippen molar-refractivity contribution in [3.05, 3.63) is 83.7 Å². The SMILES string of the molecule is CC(CO)N1C[C@H](C)[C@H](CN(C)CC2CC2)Oc2cc(-c3ccc(C#Cc4cccc(F)c4)cc3)ccc2S1(=O)=O. The van der Waals surface area contributed by atoms with E-state index in [1.54, 1.807) is 37.3 Å². The molecule has 6 nitrogen and oxygen atoms in total. The molecule has 1 aliphatic carbocycles. The molecule has 0 amide bonds. The molecule has 5 rings (SSSR count). The number of aliphatic hydroxyl groups excluding tert-OH is 1. The molecule has 2 aliphatic rings. The molecule has 3 aromatic rings. The molecular weight excluding hydrogens is 539 g/mol. The normalized spacial score (nSPS) is 21.1. The fourth-order valence-electron chi connectivity index (χ4n) is 5.20.